The summed E-state index contributed by atoms with van der Waals surface area (Å²) in [5.74, 6) is 1.77. The van der Waals surface area contributed by atoms with Crippen molar-refractivity contribution < 1.29 is 4.74 Å². The Kier molecular flexibility index (Phi) is 4.51. The van der Waals surface area contributed by atoms with E-state index in [0.717, 1.165) is 44.4 Å². The number of nitrogens with zero attached hydrogens (tertiary/aromatic N) is 4. The van der Waals surface area contributed by atoms with E-state index in [-0.39, 0.29) is 6.10 Å². The second-order valence-corrected chi connectivity index (χ2v) is 6.75. The molecule has 130 valence electrons. The van der Waals surface area contributed by atoms with Gasteiger partial charge in [-0.15, -0.1) is 0 Å². The fraction of sp³-hybridized carbons (Fsp3) is 0.400. The molecule has 25 heavy (non-hydrogen) atoms. The summed E-state index contributed by atoms with van der Waals surface area (Å²) in [6.45, 7) is 8.29. The van der Waals surface area contributed by atoms with E-state index < -0.39 is 0 Å². The molecule has 1 saturated heterocycles. The SMILES string of the molecule is Cc1nc(C)n(C[C@@H]2CN(Cc3cccc4ccccc34)CCO2)n1. The molecule has 0 unspecified atom stereocenters. The number of benzene rings is 2. The molecule has 0 radical (unpaired) electrons. The minimum Gasteiger partial charge on any atom is -0.374 e. The van der Waals surface area contributed by atoms with Crippen LogP contribution in [0, 0.1) is 13.8 Å². The lowest BCUT2D eigenvalue weighted by Crippen LogP contribution is -2.44. The Labute approximate surface area is 148 Å². The predicted octanol–water partition coefficient (Wildman–Crippen LogP) is 2.95. The summed E-state index contributed by atoms with van der Waals surface area (Å²) in [5.41, 5.74) is 1.38. The minimum absolute atomic E-state index is 0.156. The molecular formula is C20H24N4O. The number of rotatable bonds is 4. The zero-order valence-electron chi connectivity index (χ0n) is 14.9. The third-order valence-corrected chi connectivity index (χ3v) is 4.84. The van der Waals surface area contributed by atoms with Crippen LogP contribution in [-0.4, -0.2) is 45.5 Å². The largest absolute Gasteiger partial charge is 0.374 e. The topological polar surface area (TPSA) is 43.2 Å². The van der Waals surface area contributed by atoms with E-state index in [1.54, 1.807) is 0 Å². The zero-order valence-corrected chi connectivity index (χ0v) is 14.9. The molecule has 1 aliphatic heterocycles. The van der Waals surface area contributed by atoms with Crippen LogP contribution < -0.4 is 0 Å². The third kappa shape index (κ3) is 3.57. The zero-order chi connectivity index (χ0) is 17.2. The van der Waals surface area contributed by atoms with Gasteiger partial charge in [0.2, 0.25) is 0 Å². The molecule has 5 nitrogen and oxygen atoms in total. The molecule has 2 heterocycles. The van der Waals surface area contributed by atoms with Gasteiger partial charge in [-0.1, -0.05) is 42.5 Å². The van der Waals surface area contributed by atoms with Crippen LogP contribution in [-0.2, 0) is 17.8 Å². The summed E-state index contributed by atoms with van der Waals surface area (Å²) in [7, 11) is 0. The van der Waals surface area contributed by atoms with E-state index in [1.165, 1.54) is 16.3 Å². The molecule has 0 bridgehead atoms. The van der Waals surface area contributed by atoms with Crippen molar-refractivity contribution in [3.63, 3.8) is 0 Å². The van der Waals surface area contributed by atoms with Crippen LogP contribution in [0.15, 0.2) is 42.5 Å². The summed E-state index contributed by atoms with van der Waals surface area (Å²) in [4.78, 5) is 6.86. The first-order valence-electron chi connectivity index (χ1n) is 8.88. The molecule has 0 aliphatic carbocycles. The predicted molar refractivity (Wildman–Crippen MR) is 98.5 cm³/mol. The molecule has 4 rings (SSSR count). The number of aryl methyl sites for hydroxylation is 2. The van der Waals surface area contributed by atoms with Gasteiger partial charge in [-0.3, -0.25) is 4.90 Å². The average Bonchev–Trinajstić information content (AvgIpc) is 2.93. The van der Waals surface area contributed by atoms with E-state index in [1.807, 2.05) is 18.5 Å². The van der Waals surface area contributed by atoms with Crippen molar-refractivity contribution >= 4 is 10.8 Å². The fourth-order valence-corrected chi connectivity index (χ4v) is 3.63. The summed E-state index contributed by atoms with van der Waals surface area (Å²) in [6, 6.07) is 15.2. The number of hydrogen-bond donors (Lipinski definition) is 0. The summed E-state index contributed by atoms with van der Waals surface area (Å²) in [6.07, 6.45) is 0.156. The van der Waals surface area contributed by atoms with E-state index in [9.17, 15) is 0 Å². The minimum atomic E-state index is 0.156. The second kappa shape index (κ2) is 6.94. The molecule has 0 spiro atoms. The summed E-state index contributed by atoms with van der Waals surface area (Å²) < 4.78 is 7.93. The molecule has 1 aliphatic rings. The van der Waals surface area contributed by atoms with E-state index in [0.29, 0.717) is 0 Å². The lowest BCUT2D eigenvalue weighted by atomic mass is 10.0. The Morgan fingerprint density at radius 1 is 1.12 bits per heavy atom. The highest BCUT2D eigenvalue weighted by molar-refractivity contribution is 5.85. The van der Waals surface area contributed by atoms with Gasteiger partial charge in [0.05, 0.1) is 19.3 Å². The number of fused-ring (bicyclic) bond motifs is 1. The first-order chi connectivity index (χ1) is 12.2. The maximum Gasteiger partial charge on any atom is 0.147 e. The molecule has 0 amide bonds. The average molecular weight is 336 g/mol. The maximum atomic E-state index is 5.97. The molecular weight excluding hydrogens is 312 g/mol. The van der Waals surface area contributed by atoms with Crippen molar-refractivity contribution in [2.24, 2.45) is 0 Å². The van der Waals surface area contributed by atoms with Gasteiger partial charge in [0, 0.05) is 19.6 Å². The highest BCUT2D eigenvalue weighted by atomic mass is 16.5. The molecule has 0 saturated carbocycles. The van der Waals surface area contributed by atoms with Crippen LogP contribution in [0.1, 0.15) is 17.2 Å². The van der Waals surface area contributed by atoms with Gasteiger partial charge in [0.25, 0.3) is 0 Å². The maximum absolute atomic E-state index is 5.97. The van der Waals surface area contributed by atoms with Crippen molar-refractivity contribution in [2.45, 2.75) is 33.0 Å². The molecule has 2 aromatic carbocycles. The molecule has 5 heteroatoms. The van der Waals surface area contributed by atoms with E-state index >= 15 is 0 Å². The van der Waals surface area contributed by atoms with Crippen LogP contribution in [0.4, 0.5) is 0 Å². The van der Waals surface area contributed by atoms with Gasteiger partial charge >= 0.3 is 0 Å². The fourth-order valence-electron chi connectivity index (χ4n) is 3.63. The Morgan fingerprint density at radius 3 is 2.80 bits per heavy atom. The van der Waals surface area contributed by atoms with Crippen molar-refractivity contribution in [3.8, 4) is 0 Å². The first-order valence-corrected chi connectivity index (χ1v) is 8.88. The quantitative estimate of drug-likeness (QED) is 0.735. The molecule has 1 fully saturated rings. The van der Waals surface area contributed by atoms with Crippen LogP contribution >= 0.6 is 0 Å². The Morgan fingerprint density at radius 2 is 1.96 bits per heavy atom. The third-order valence-electron chi connectivity index (χ3n) is 4.84. The van der Waals surface area contributed by atoms with Crippen molar-refractivity contribution in [1.82, 2.24) is 19.7 Å². The van der Waals surface area contributed by atoms with Crippen LogP contribution in [0.25, 0.3) is 10.8 Å². The van der Waals surface area contributed by atoms with Crippen LogP contribution in [0.5, 0.6) is 0 Å². The standard InChI is InChI=1S/C20H24N4O/c1-15-21-16(2)24(22-15)14-19-13-23(10-11-25-19)12-18-8-5-7-17-6-3-4-9-20(17)18/h3-9,19H,10-14H2,1-2H3/t19-/m0/s1. The number of aromatic nitrogens is 3. The first kappa shape index (κ1) is 16.2. The van der Waals surface area contributed by atoms with Gasteiger partial charge in [-0.25, -0.2) is 9.67 Å². The van der Waals surface area contributed by atoms with Crippen LogP contribution in [0.2, 0.25) is 0 Å². The van der Waals surface area contributed by atoms with E-state index in [4.69, 9.17) is 4.74 Å². The molecule has 1 atom stereocenters. The number of ether oxygens (including phenoxy) is 1. The second-order valence-electron chi connectivity index (χ2n) is 6.75. The monoisotopic (exact) mass is 336 g/mol. The van der Waals surface area contributed by atoms with Crippen molar-refractivity contribution in [3.05, 3.63) is 59.7 Å². The normalized spacial score (nSPS) is 18.7. The van der Waals surface area contributed by atoms with Crippen molar-refractivity contribution in [1.29, 1.82) is 0 Å². The Balaban J connectivity index is 1.47. The van der Waals surface area contributed by atoms with E-state index in [2.05, 4.69) is 57.4 Å². The van der Waals surface area contributed by atoms with Crippen molar-refractivity contribution in [2.75, 3.05) is 19.7 Å². The van der Waals surface area contributed by atoms with Gasteiger partial charge in [0.15, 0.2) is 0 Å². The molecule has 3 aromatic rings. The number of hydrogen-bond acceptors (Lipinski definition) is 4. The Bertz CT molecular complexity index is 868. The van der Waals surface area contributed by atoms with Gasteiger partial charge < -0.3 is 4.74 Å². The van der Waals surface area contributed by atoms with Gasteiger partial charge in [-0.05, 0) is 30.2 Å². The lowest BCUT2D eigenvalue weighted by Gasteiger charge is -2.33. The Hall–Kier alpha value is -2.24. The molecule has 0 N–H and O–H groups in total. The summed E-state index contributed by atoms with van der Waals surface area (Å²) >= 11 is 0. The van der Waals surface area contributed by atoms with Gasteiger partial charge in [0.1, 0.15) is 11.6 Å². The smallest absolute Gasteiger partial charge is 0.147 e. The number of morpholine rings is 1. The van der Waals surface area contributed by atoms with Crippen LogP contribution in [0.3, 0.4) is 0 Å². The summed E-state index contributed by atoms with van der Waals surface area (Å²) in [5, 5.41) is 7.11. The lowest BCUT2D eigenvalue weighted by molar-refractivity contribution is -0.0404. The van der Waals surface area contributed by atoms with Gasteiger partial charge in [-0.2, -0.15) is 5.10 Å². The highest BCUT2D eigenvalue weighted by Crippen LogP contribution is 2.21. The highest BCUT2D eigenvalue weighted by Gasteiger charge is 2.22. The molecule has 1 aromatic heterocycles.